The van der Waals surface area contributed by atoms with Gasteiger partial charge in [0.25, 0.3) is 11.8 Å². The van der Waals surface area contributed by atoms with Gasteiger partial charge in [-0.25, -0.2) is 4.79 Å². The molecule has 0 aromatic heterocycles. The highest BCUT2D eigenvalue weighted by Gasteiger charge is 2.30. The second kappa shape index (κ2) is 11.4. The average Bonchev–Trinajstić information content (AvgIpc) is 2.95. The maximum atomic E-state index is 13.5. The van der Waals surface area contributed by atoms with Crippen molar-refractivity contribution in [1.29, 1.82) is 0 Å². The Labute approximate surface area is 228 Å². The predicted octanol–water partition coefficient (Wildman–Crippen LogP) is 4.88. The van der Waals surface area contributed by atoms with E-state index in [-0.39, 0.29) is 23.7 Å². The van der Waals surface area contributed by atoms with Crippen LogP contribution in [0.5, 0.6) is 5.75 Å². The van der Waals surface area contributed by atoms with E-state index in [0.717, 1.165) is 22.4 Å². The first-order valence-electron chi connectivity index (χ1n) is 13.1. The molecule has 0 atom stereocenters. The standard InChI is InChI=1S/C31H31N3O5/c1-3-38-31(37)33-17-15-32(16-18-33)29(35)25-13-11-23(12-14-25)20-28-30(36)34(21-24-8-6-7-22(2)19-24)26-9-4-5-10-27(26)39-28/h4-14,19-20H,3,15-18,21H2,1-2H3/b28-20+. The molecular formula is C31H31N3O5. The monoisotopic (exact) mass is 525 g/mol. The molecule has 8 nitrogen and oxygen atoms in total. The lowest BCUT2D eigenvalue weighted by Gasteiger charge is -2.34. The molecule has 2 heterocycles. The number of carbonyl (C=O) groups is 3. The van der Waals surface area contributed by atoms with Gasteiger partial charge in [-0.2, -0.15) is 0 Å². The van der Waals surface area contributed by atoms with Crippen LogP contribution in [0, 0.1) is 6.92 Å². The number of carbonyl (C=O) groups excluding carboxylic acids is 3. The van der Waals surface area contributed by atoms with Crippen LogP contribution in [0.15, 0.2) is 78.6 Å². The summed E-state index contributed by atoms with van der Waals surface area (Å²) in [6.07, 6.45) is 1.36. The van der Waals surface area contributed by atoms with Crippen molar-refractivity contribution in [3.8, 4) is 5.75 Å². The summed E-state index contributed by atoms with van der Waals surface area (Å²) < 4.78 is 11.1. The van der Waals surface area contributed by atoms with Gasteiger partial charge in [0.15, 0.2) is 11.5 Å². The second-order valence-corrected chi connectivity index (χ2v) is 9.56. The first kappa shape index (κ1) is 26.0. The van der Waals surface area contributed by atoms with E-state index < -0.39 is 0 Å². The van der Waals surface area contributed by atoms with E-state index in [0.29, 0.717) is 50.6 Å². The number of ether oxygens (including phenoxy) is 2. The fourth-order valence-electron chi connectivity index (χ4n) is 4.77. The van der Waals surface area contributed by atoms with Crippen molar-refractivity contribution in [2.75, 3.05) is 37.7 Å². The fourth-order valence-corrected chi connectivity index (χ4v) is 4.77. The van der Waals surface area contributed by atoms with Gasteiger partial charge in [-0.3, -0.25) is 14.5 Å². The summed E-state index contributed by atoms with van der Waals surface area (Å²) in [4.78, 5) is 43.5. The lowest BCUT2D eigenvalue weighted by atomic mass is 10.1. The molecule has 0 bridgehead atoms. The van der Waals surface area contributed by atoms with Crippen LogP contribution in [0.1, 0.15) is 34.0 Å². The van der Waals surface area contributed by atoms with Gasteiger partial charge in [-0.1, -0.05) is 54.1 Å². The second-order valence-electron chi connectivity index (χ2n) is 9.56. The molecule has 2 aliphatic rings. The van der Waals surface area contributed by atoms with Gasteiger partial charge in [0, 0.05) is 31.7 Å². The summed E-state index contributed by atoms with van der Waals surface area (Å²) in [5.41, 5.74) is 4.18. The maximum absolute atomic E-state index is 13.5. The molecule has 5 rings (SSSR count). The summed E-state index contributed by atoms with van der Waals surface area (Å²) in [5, 5.41) is 0. The predicted molar refractivity (Wildman–Crippen MR) is 148 cm³/mol. The van der Waals surface area contributed by atoms with Crippen LogP contribution in [-0.4, -0.2) is 60.5 Å². The van der Waals surface area contributed by atoms with Crippen molar-refractivity contribution in [3.63, 3.8) is 0 Å². The maximum Gasteiger partial charge on any atom is 0.409 e. The van der Waals surface area contributed by atoms with E-state index in [1.807, 2.05) is 49.4 Å². The Hall–Kier alpha value is -4.59. The Morgan fingerprint density at radius 2 is 1.64 bits per heavy atom. The number of fused-ring (bicyclic) bond motifs is 1. The van der Waals surface area contributed by atoms with Gasteiger partial charge in [0.05, 0.1) is 18.8 Å². The highest BCUT2D eigenvalue weighted by Crippen LogP contribution is 2.36. The Morgan fingerprint density at radius 1 is 0.923 bits per heavy atom. The Kier molecular flexibility index (Phi) is 7.63. The third kappa shape index (κ3) is 5.80. The largest absolute Gasteiger partial charge is 0.450 e. The normalized spacial score (nSPS) is 16.1. The number of piperazine rings is 1. The molecule has 2 aliphatic heterocycles. The molecule has 200 valence electrons. The van der Waals surface area contributed by atoms with Crippen LogP contribution in [0.2, 0.25) is 0 Å². The Balaban J connectivity index is 1.30. The van der Waals surface area contributed by atoms with Gasteiger partial charge in [0.1, 0.15) is 0 Å². The van der Waals surface area contributed by atoms with Gasteiger partial charge in [-0.15, -0.1) is 0 Å². The third-order valence-corrected chi connectivity index (χ3v) is 6.80. The number of benzene rings is 3. The molecule has 0 aliphatic carbocycles. The number of rotatable bonds is 5. The number of aryl methyl sites for hydroxylation is 1. The van der Waals surface area contributed by atoms with Crippen LogP contribution in [0.4, 0.5) is 10.5 Å². The molecule has 0 N–H and O–H groups in total. The van der Waals surface area contributed by atoms with Gasteiger partial charge < -0.3 is 19.3 Å². The van der Waals surface area contributed by atoms with Gasteiger partial charge in [-0.05, 0) is 55.3 Å². The molecule has 3 aromatic carbocycles. The summed E-state index contributed by atoms with van der Waals surface area (Å²) in [7, 11) is 0. The van der Waals surface area contributed by atoms with Crippen molar-refractivity contribution in [3.05, 3.63) is 101 Å². The number of anilines is 1. The molecule has 0 radical (unpaired) electrons. The summed E-state index contributed by atoms with van der Waals surface area (Å²) in [5.74, 6) is 0.510. The molecule has 8 heteroatoms. The van der Waals surface area contributed by atoms with E-state index in [1.165, 1.54) is 0 Å². The van der Waals surface area contributed by atoms with E-state index in [4.69, 9.17) is 9.47 Å². The Bertz CT molecular complexity index is 1410. The molecule has 1 saturated heterocycles. The quantitative estimate of drug-likeness (QED) is 0.444. The van der Waals surface area contributed by atoms with Crippen LogP contribution in [0.3, 0.4) is 0 Å². The van der Waals surface area contributed by atoms with Crippen molar-refractivity contribution >= 4 is 29.7 Å². The smallest absolute Gasteiger partial charge is 0.409 e. The molecular weight excluding hydrogens is 494 g/mol. The van der Waals surface area contributed by atoms with Crippen LogP contribution >= 0.6 is 0 Å². The van der Waals surface area contributed by atoms with Crippen molar-refractivity contribution in [2.24, 2.45) is 0 Å². The van der Waals surface area contributed by atoms with Crippen LogP contribution in [-0.2, 0) is 16.1 Å². The molecule has 0 saturated carbocycles. The minimum atomic E-state index is -0.346. The van der Waals surface area contributed by atoms with Crippen LogP contribution < -0.4 is 9.64 Å². The lowest BCUT2D eigenvalue weighted by Crippen LogP contribution is -2.50. The molecule has 3 aromatic rings. The molecule has 3 amide bonds. The number of hydrogen-bond acceptors (Lipinski definition) is 5. The highest BCUT2D eigenvalue weighted by molar-refractivity contribution is 6.09. The van der Waals surface area contributed by atoms with E-state index >= 15 is 0 Å². The number of amides is 3. The molecule has 0 spiro atoms. The first-order valence-corrected chi connectivity index (χ1v) is 13.1. The fraction of sp³-hybridized carbons (Fsp3) is 0.258. The lowest BCUT2D eigenvalue weighted by molar-refractivity contribution is -0.117. The first-order chi connectivity index (χ1) is 18.9. The molecule has 39 heavy (non-hydrogen) atoms. The van der Waals surface area contributed by atoms with Crippen molar-refractivity contribution < 1.29 is 23.9 Å². The van der Waals surface area contributed by atoms with E-state index in [1.54, 1.807) is 52.0 Å². The molecule has 0 unspecified atom stereocenters. The van der Waals surface area contributed by atoms with Gasteiger partial charge >= 0.3 is 6.09 Å². The average molecular weight is 526 g/mol. The summed E-state index contributed by atoms with van der Waals surface area (Å²) >= 11 is 0. The zero-order valence-corrected chi connectivity index (χ0v) is 22.1. The highest BCUT2D eigenvalue weighted by atomic mass is 16.6. The number of hydrogen-bond donors (Lipinski definition) is 0. The zero-order chi connectivity index (χ0) is 27.4. The minimum absolute atomic E-state index is 0.0963. The van der Waals surface area contributed by atoms with Crippen molar-refractivity contribution in [1.82, 2.24) is 9.80 Å². The van der Waals surface area contributed by atoms with Crippen LogP contribution in [0.25, 0.3) is 6.08 Å². The van der Waals surface area contributed by atoms with Crippen molar-refractivity contribution in [2.45, 2.75) is 20.4 Å². The third-order valence-electron chi connectivity index (χ3n) is 6.80. The SMILES string of the molecule is CCOC(=O)N1CCN(C(=O)c2ccc(/C=C3/Oc4ccccc4N(Cc4cccc(C)c4)C3=O)cc2)CC1. The number of para-hydroxylation sites is 2. The zero-order valence-electron chi connectivity index (χ0n) is 22.1. The summed E-state index contributed by atoms with van der Waals surface area (Å²) in [6, 6.07) is 22.7. The summed E-state index contributed by atoms with van der Waals surface area (Å²) in [6.45, 7) is 6.33. The van der Waals surface area contributed by atoms with E-state index in [2.05, 4.69) is 6.07 Å². The topological polar surface area (TPSA) is 79.4 Å². The molecule has 1 fully saturated rings. The van der Waals surface area contributed by atoms with Gasteiger partial charge in [0.2, 0.25) is 0 Å². The van der Waals surface area contributed by atoms with E-state index in [9.17, 15) is 14.4 Å². The Morgan fingerprint density at radius 3 is 2.36 bits per heavy atom. The number of nitrogens with zero attached hydrogens (tertiary/aromatic N) is 3. The minimum Gasteiger partial charge on any atom is -0.450 e.